The molecular formula is C10H15NO3S. The van der Waals surface area contributed by atoms with Crippen LogP contribution in [0.5, 0.6) is 0 Å². The minimum Gasteiger partial charge on any atom is -0.481 e. The average Bonchev–Trinajstić information content (AvgIpc) is 2.61. The van der Waals surface area contributed by atoms with Crippen molar-refractivity contribution in [1.29, 1.82) is 0 Å². The Kier molecular flexibility index (Phi) is 5.25. The molecule has 84 valence electrons. The maximum absolute atomic E-state index is 10.3. The summed E-state index contributed by atoms with van der Waals surface area (Å²) in [5.41, 5.74) is 0.978. The lowest BCUT2D eigenvalue weighted by atomic mass is 10.2. The predicted molar refractivity (Wildman–Crippen MR) is 58.9 cm³/mol. The van der Waals surface area contributed by atoms with Gasteiger partial charge in [-0.1, -0.05) is 18.5 Å². The number of carbonyl (C=O) groups is 1. The van der Waals surface area contributed by atoms with Gasteiger partial charge < -0.3 is 9.63 Å². The summed E-state index contributed by atoms with van der Waals surface area (Å²) >= 11 is 1.55. The van der Waals surface area contributed by atoms with Crippen molar-refractivity contribution in [1.82, 2.24) is 5.16 Å². The van der Waals surface area contributed by atoms with Crippen LogP contribution in [-0.4, -0.2) is 22.0 Å². The molecule has 1 heterocycles. The molecule has 0 atom stereocenters. The van der Waals surface area contributed by atoms with Crippen molar-refractivity contribution in [3.63, 3.8) is 0 Å². The fraction of sp³-hybridized carbons (Fsp3) is 0.600. The monoisotopic (exact) mass is 229 g/mol. The molecule has 0 saturated heterocycles. The summed E-state index contributed by atoms with van der Waals surface area (Å²) in [6.45, 7) is 2.09. The Labute approximate surface area is 93.0 Å². The molecule has 0 radical (unpaired) electrons. The summed E-state index contributed by atoms with van der Waals surface area (Å²) in [6.07, 6.45) is 2.18. The second-order valence-corrected chi connectivity index (χ2v) is 4.34. The Bertz CT molecular complexity index is 311. The lowest BCUT2D eigenvalue weighted by molar-refractivity contribution is -0.136. The van der Waals surface area contributed by atoms with E-state index in [2.05, 4.69) is 12.1 Å². The number of hydrogen-bond donors (Lipinski definition) is 1. The summed E-state index contributed by atoms with van der Waals surface area (Å²) in [5.74, 6) is 1.38. The predicted octanol–water partition coefficient (Wildman–Crippen LogP) is 2.33. The zero-order chi connectivity index (χ0) is 11.1. The van der Waals surface area contributed by atoms with Gasteiger partial charge in [-0.15, -0.1) is 0 Å². The van der Waals surface area contributed by atoms with Crippen molar-refractivity contribution in [2.24, 2.45) is 0 Å². The summed E-state index contributed by atoms with van der Waals surface area (Å²) < 4.78 is 5.11. The van der Waals surface area contributed by atoms with Crippen LogP contribution in [0.4, 0.5) is 0 Å². The molecule has 0 aliphatic heterocycles. The van der Waals surface area contributed by atoms with Gasteiger partial charge in [0, 0.05) is 11.8 Å². The second-order valence-electron chi connectivity index (χ2n) is 3.23. The lowest BCUT2D eigenvalue weighted by Crippen LogP contribution is -1.95. The van der Waals surface area contributed by atoms with Crippen molar-refractivity contribution in [2.75, 3.05) is 5.75 Å². The largest absolute Gasteiger partial charge is 0.481 e. The van der Waals surface area contributed by atoms with E-state index in [-0.39, 0.29) is 6.42 Å². The van der Waals surface area contributed by atoms with E-state index in [0.717, 1.165) is 24.3 Å². The topological polar surface area (TPSA) is 63.3 Å². The molecule has 1 rings (SSSR count). The molecule has 1 N–H and O–H groups in total. The van der Waals surface area contributed by atoms with Gasteiger partial charge in [0.05, 0.1) is 17.9 Å². The van der Waals surface area contributed by atoms with Crippen molar-refractivity contribution < 1.29 is 14.4 Å². The molecule has 0 aromatic carbocycles. The Morgan fingerprint density at radius 1 is 1.67 bits per heavy atom. The van der Waals surface area contributed by atoms with Crippen molar-refractivity contribution in [2.45, 2.75) is 31.9 Å². The van der Waals surface area contributed by atoms with Gasteiger partial charge in [-0.2, -0.15) is 11.8 Å². The number of carboxylic acids is 1. The van der Waals surface area contributed by atoms with E-state index in [1.165, 1.54) is 0 Å². The van der Waals surface area contributed by atoms with Crippen LogP contribution in [0.3, 0.4) is 0 Å². The number of hydrogen-bond acceptors (Lipinski definition) is 4. The Hall–Kier alpha value is -0.970. The highest BCUT2D eigenvalue weighted by Crippen LogP contribution is 2.14. The molecule has 15 heavy (non-hydrogen) atoms. The van der Waals surface area contributed by atoms with E-state index in [1.807, 2.05) is 6.07 Å². The molecule has 0 saturated carbocycles. The first-order chi connectivity index (χ1) is 7.22. The third-order valence-electron chi connectivity index (χ3n) is 1.82. The van der Waals surface area contributed by atoms with Crippen LogP contribution in [0.1, 0.15) is 31.2 Å². The van der Waals surface area contributed by atoms with Crippen LogP contribution in [0.15, 0.2) is 10.6 Å². The molecule has 0 aliphatic rings. The normalized spacial score (nSPS) is 10.5. The first-order valence-corrected chi connectivity index (χ1v) is 6.12. The van der Waals surface area contributed by atoms with Gasteiger partial charge in [0.15, 0.2) is 0 Å². The van der Waals surface area contributed by atoms with E-state index in [1.54, 1.807) is 11.8 Å². The zero-order valence-electron chi connectivity index (χ0n) is 8.73. The number of thioether (sulfide) groups is 1. The SMILES string of the molecule is CCCc1cc(CSCCC(=O)O)on1. The van der Waals surface area contributed by atoms with Crippen LogP contribution in [0, 0.1) is 0 Å². The van der Waals surface area contributed by atoms with Crippen LogP contribution < -0.4 is 0 Å². The Balaban J connectivity index is 2.22. The minimum atomic E-state index is -0.758. The molecule has 5 heteroatoms. The van der Waals surface area contributed by atoms with Crippen LogP contribution in [-0.2, 0) is 17.0 Å². The van der Waals surface area contributed by atoms with E-state index < -0.39 is 5.97 Å². The van der Waals surface area contributed by atoms with Gasteiger partial charge >= 0.3 is 5.97 Å². The number of aromatic nitrogens is 1. The molecule has 1 aromatic rings. The Morgan fingerprint density at radius 2 is 2.47 bits per heavy atom. The van der Waals surface area contributed by atoms with Crippen molar-refractivity contribution >= 4 is 17.7 Å². The second kappa shape index (κ2) is 6.50. The highest BCUT2D eigenvalue weighted by Gasteiger charge is 2.04. The maximum atomic E-state index is 10.3. The van der Waals surface area contributed by atoms with Gasteiger partial charge in [-0.25, -0.2) is 0 Å². The average molecular weight is 229 g/mol. The van der Waals surface area contributed by atoms with Gasteiger partial charge in [0.25, 0.3) is 0 Å². The summed E-state index contributed by atoms with van der Waals surface area (Å²) in [7, 11) is 0. The van der Waals surface area contributed by atoms with Gasteiger partial charge in [0.2, 0.25) is 0 Å². The summed E-state index contributed by atoms with van der Waals surface area (Å²) in [6, 6.07) is 1.94. The number of carboxylic acid groups (broad SMARTS) is 1. The highest BCUT2D eigenvalue weighted by atomic mass is 32.2. The molecule has 0 bridgehead atoms. The molecule has 4 nitrogen and oxygen atoms in total. The van der Waals surface area contributed by atoms with Gasteiger partial charge in [0.1, 0.15) is 5.76 Å². The van der Waals surface area contributed by atoms with E-state index in [0.29, 0.717) is 11.5 Å². The lowest BCUT2D eigenvalue weighted by Gasteiger charge is -1.94. The number of aryl methyl sites for hydroxylation is 1. The standard InChI is InChI=1S/C10H15NO3S/c1-2-3-8-6-9(14-11-8)7-15-5-4-10(12)13/h6H,2-5,7H2,1H3,(H,12,13). The van der Waals surface area contributed by atoms with Gasteiger partial charge in [-0.05, 0) is 6.42 Å². The van der Waals surface area contributed by atoms with E-state index in [9.17, 15) is 4.79 Å². The van der Waals surface area contributed by atoms with Gasteiger partial charge in [-0.3, -0.25) is 4.79 Å². The van der Waals surface area contributed by atoms with Crippen LogP contribution in [0.2, 0.25) is 0 Å². The number of aliphatic carboxylic acids is 1. The number of rotatable bonds is 7. The molecule has 0 aliphatic carbocycles. The summed E-state index contributed by atoms with van der Waals surface area (Å²) in [5, 5.41) is 12.4. The van der Waals surface area contributed by atoms with E-state index in [4.69, 9.17) is 9.63 Å². The zero-order valence-corrected chi connectivity index (χ0v) is 9.55. The molecular weight excluding hydrogens is 214 g/mol. The molecule has 0 unspecified atom stereocenters. The molecule has 1 aromatic heterocycles. The number of nitrogens with zero attached hydrogens (tertiary/aromatic N) is 1. The quantitative estimate of drug-likeness (QED) is 0.727. The van der Waals surface area contributed by atoms with Crippen molar-refractivity contribution in [3.05, 3.63) is 17.5 Å². The highest BCUT2D eigenvalue weighted by molar-refractivity contribution is 7.98. The van der Waals surface area contributed by atoms with E-state index >= 15 is 0 Å². The minimum absolute atomic E-state index is 0.195. The van der Waals surface area contributed by atoms with Crippen LogP contribution in [0.25, 0.3) is 0 Å². The molecule has 0 spiro atoms. The van der Waals surface area contributed by atoms with Crippen LogP contribution >= 0.6 is 11.8 Å². The first-order valence-electron chi connectivity index (χ1n) is 4.96. The third kappa shape index (κ3) is 4.88. The maximum Gasteiger partial charge on any atom is 0.304 e. The summed E-state index contributed by atoms with van der Waals surface area (Å²) in [4.78, 5) is 10.3. The molecule has 0 amide bonds. The third-order valence-corrected chi connectivity index (χ3v) is 2.80. The first kappa shape index (κ1) is 12.1. The fourth-order valence-electron chi connectivity index (χ4n) is 1.13. The fourth-order valence-corrected chi connectivity index (χ4v) is 1.93. The van der Waals surface area contributed by atoms with Crippen molar-refractivity contribution in [3.8, 4) is 0 Å². The smallest absolute Gasteiger partial charge is 0.304 e. The Morgan fingerprint density at radius 3 is 3.13 bits per heavy atom. The molecule has 0 fully saturated rings.